The maximum atomic E-state index is 12.3. The van der Waals surface area contributed by atoms with Gasteiger partial charge in [0.25, 0.3) is 5.91 Å². The molecule has 7 heteroatoms. The molecule has 1 saturated carbocycles. The summed E-state index contributed by atoms with van der Waals surface area (Å²) in [4.78, 5) is 20.9. The second-order valence-corrected chi connectivity index (χ2v) is 6.97. The average molecular weight is 384 g/mol. The summed E-state index contributed by atoms with van der Waals surface area (Å²) in [5, 5.41) is 6.26. The highest BCUT2D eigenvalue weighted by Gasteiger charge is 2.14. The number of nitrogens with zero attached hydrogens (tertiary/aromatic N) is 2. The first-order valence-corrected chi connectivity index (χ1v) is 9.77. The Labute approximate surface area is 165 Å². The molecule has 2 aromatic rings. The van der Waals surface area contributed by atoms with E-state index in [9.17, 15) is 4.79 Å². The maximum Gasteiger partial charge on any atom is 0.254 e. The first-order chi connectivity index (χ1) is 13.7. The molecule has 1 aromatic carbocycles. The summed E-state index contributed by atoms with van der Waals surface area (Å²) in [6.45, 7) is 0.510. The minimum Gasteiger partial charge on any atom is -0.493 e. The van der Waals surface area contributed by atoms with E-state index in [1.54, 1.807) is 26.6 Å². The summed E-state index contributed by atoms with van der Waals surface area (Å²) in [6.07, 6.45) is 9.95. The third-order valence-corrected chi connectivity index (χ3v) is 5.00. The minimum absolute atomic E-state index is 0.176. The summed E-state index contributed by atoms with van der Waals surface area (Å²) >= 11 is 0. The molecule has 0 saturated heterocycles. The van der Waals surface area contributed by atoms with Crippen LogP contribution in [0.5, 0.6) is 11.5 Å². The largest absolute Gasteiger partial charge is 0.493 e. The van der Waals surface area contributed by atoms with E-state index in [4.69, 9.17) is 9.47 Å². The SMILES string of the molecule is COc1ccc(CCNC(=O)c2cnc(NC3CCCCC3)nc2)cc1OC. The maximum absolute atomic E-state index is 12.3. The molecule has 0 radical (unpaired) electrons. The van der Waals surface area contributed by atoms with Crippen molar-refractivity contribution >= 4 is 11.9 Å². The van der Waals surface area contributed by atoms with Crippen LogP contribution in [-0.4, -0.2) is 42.7 Å². The number of benzene rings is 1. The second kappa shape index (κ2) is 9.92. The smallest absolute Gasteiger partial charge is 0.254 e. The molecule has 0 spiro atoms. The van der Waals surface area contributed by atoms with Gasteiger partial charge in [-0.25, -0.2) is 9.97 Å². The van der Waals surface area contributed by atoms with Crippen LogP contribution in [0, 0.1) is 0 Å². The first-order valence-electron chi connectivity index (χ1n) is 9.77. The van der Waals surface area contributed by atoms with Crippen molar-refractivity contribution in [2.75, 3.05) is 26.1 Å². The second-order valence-electron chi connectivity index (χ2n) is 6.97. The van der Waals surface area contributed by atoms with Crippen LogP contribution >= 0.6 is 0 Å². The number of rotatable bonds is 8. The summed E-state index contributed by atoms with van der Waals surface area (Å²) in [5.41, 5.74) is 1.52. The molecule has 1 aliphatic carbocycles. The van der Waals surface area contributed by atoms with Gasteiger partial charge in [-0.05, 0) is 37.0 Å². The van der Waals surface area contributed by atoms with Gasteiger partial charge in [0.1, 0.15) is 0 Å². The van der Waals surface area contributed by atoms with E-state index in [1.165, 1.54) is 19.3 Å². The number of aromatic nitrogens is 2. The highest BCUT2D eigenvalue weighted by molar-refractivity contribution is 5.93. The number of hydrogen-bond donors (Lipinski definition) is 2. The fraction of sp³-hybridized carbons (Fsp3) is 0.476. The molecule has 1 amide bonds. The van der Waals surface area contributed by atoms with Crippen molar-refractivity contribution in [3.05, 3.63) is 41.7 Å². The molecule has 2 N–H and O–H groups in total. The van der Waals surface area contributed by atoms with Crippen molar-refractivity contribution in [3.63, 3.8) is 0 Å². The van der Waals surface area contributed by atoms with E-state index in [0.29, 0.717) is 42.0 Å². The van der Waals surface area contributed by atoms with Gasteiger partial charge >= 0.3 is 0 Å². The standard InChI is InChI=1S/C21H28N4O3/c1-27-18-9-8-15(12-19(18)28-2)10-11-22-20(26)16-13-23-21(24-14-16)25-17-6-4-3-5-7-17/h8-9,12-14,17H,3-7,10-11H2,1-2H3,(H,22,26)(H,23,24,25). The number of anilines is 1. The Kier molecular flexibility index (Phi) is 7.06. The van der Waals surface area contributed by atoms with Crippen molar-refractivity contribution in [1.29, 1.82) is 0 Å². The fourth-order valence-corrected chi connectivity index (χ4v) is 3.41. The lowest BCUT2D eigenvalue weighted by Crippen LogP contribution is -2.26. The van der Waals surface area contributed by atoms with Crippen LogP contribution < -0.4 is 20.1 Å². The summed E-state index contributed by atoms with van der Waals surface area (Å²) in [7, 11) is 3.21. The zero-order valence-corrected chi connectivity index (χ0v) is 16.5. The molecular formula is C21H28N4O3. The van der Waals surface area contributed by atoms with Crippen molar-refractivity contribution in [2.24, 2.45) is 0 Å². The Morgan fingerprint density at radius 2 is 1.79 bits per heavy atom. The van der Waals surface area contributed by atoms with Gasteiger partial charge in [0, 0.05) is 25.0 Å². The average Bonchev–Trinajstić information content (AvgIpc) is 2.74. The predicted molar refractivity (Wildman–Crippen MR) is 108 cm³/mol. The molecule has 3 rings (SSSR count). The van der Waals surface area contributed by atoms with Crippen molar-refractivity contribution in [3.8, 4) is 11.5 Å². The van der Waals surface area contributed by atoms with Crippen LogP contribution in [0.25, 0.3) is 0 Å². The lowest BCUT2D eigenvalue weighted by atomic mass is 9.96. The molecule has 28 heavy (non-hydrogen) atoms. The van der Waals surface area contributed by atoms with Crippen LogP contribution in [0.4, 0.5) is 5.95 Å². The molecule has 0 bridgehead atoms. The van der Waals surface area contributed by atoms with Crippen LogP contribution in [0.2, 0.25) is 0 Å². The third kappa shape index (κ3) is 5.34. The first kappa shape index (κ1) is 19.9. The van der Waals surface area contributed by atoms with Crippen LogP contribution in [0.15, 0.2) is 30.6 Å². The normalized spacial score (nSPS) is 14.4. The highest BCUT2D eigenvalue weighted by Crippen LogP contribution is 2.27. The Bertz CT molecular complexity index is 774. The summed E-state index contributed by atoms with van der Waals surface area (Å²) in [5.74, 6) is 1.79. The molecule has 7 nitrogen and oxygen atoms in total. The number of ether oxygens (including phenoxy) is 2. The zero-order valence-electron chi connectivity index (χ0n) is 16.5. The van der Waals surface area contributed by atoms with Crippen LogP contribution in [0.3, 0.4) is 0 Å². The van der Waals surface area contributed by atoms with Gasteiger partial charge in [0.2, 0.25) is 5.95 Å². The topological polar surface area (TPSA) is 85.4 Å². The van der Waals surface area contributed by atoms with Gasteiger partial charge in [0.05, 0.1) is 19.8 Å². The molecule has 1 aliphatic rings. The highest BCUT2D eigenvalue weighted by atomic mass is 16.5. The van der Waals surface area contributed by atoms with Gasteiger partial charge in [-0.2, -0.15) is 0 Å². The Balaban J connectivity index is 1.48. The number of hydrogen-bond acceptors (Lipinski definition) is 6. The van der Waals surface area contributed by atoms with E-state index < -0.39 is 0 Å². The molecule has 0 atom stereocenters. The number of carbonyl (C=O) groups excluding carboxylic acids is 1. The number of nitrogens with one attached hydrogen (secondary N) is 2. The number of amides is 1. The van der Waals surface area contributed by atoms with Crippen LogP contribution in [0.1, 0.15) is 48.0 Å². The van der Waals surface area contributed by atoms with Crippen molar-refractivity contribution in [1.82, 2.24) is 15.3 Å². The molecule has 0 aliphatic heterocycles. The molecule has 0 unspecified atom stereocenters. The number of carbonyl (C=O) groups is 1. The van der Waals surface area contributed by atoms with E-state index in [-0.39, 0.29) is 5.91 Å². The Morgan fingerprint density at radius 3 is 2.46 bits per heavy atom. The van der Waals surface area contributed by atoms with E-state index in [0.717, 1.165) is 18.4 Å². The van der Waals surface area contributed by atoms with E-state index in [1.807, 2.05) is 18.2 Å². The third-order valence-electron chi connectivity index (χ3n) is 5.00. The van der Waals surface area contributed by atoms with E-state index >= 15 is 0 Å². The quantitative estimate of drug-likeness (QED) is 0.727. The van der Waals surface area contributed by atoms with Crippen molar-refractivity contribution in [2.45, 2.75) is 44.6 Å². The Morgan fingerprint density at radius 1 is 1.07 bits per heavy atom. The molecule has 1 heterocycles. The molecule has 1 aromatic heterocycles. The lowest BCUT2D eigenvalue weighted by molar-refractivity contribution is 0.0953. The zero-order chi connectivity index (χ0) is 19.8. The van der Waals surface area contributed by atoms with Gasteiger partial charge < -0.3 is 20.1 Å². The minimum atomic E-state index is -0.176. The molecule has 1 fully saturated rings. The molecule has 150 valence electrons. The van der Waals surface area contributed by atoms with Gasteiger partial charge in [-0.3, -0.25) is 4.79 Å². The van der Waals surface area contributed by atoms with Crippen molar-refractivity contribution < 1.29 is 14.3 Å². The van der Waals surface area contributed by atoms with Gasteiger partial charge in [0.15, 0.2) is 11.5 Å². The van der Waals surface area contributed by atoms with E-state index in [2.05, 4.69) is 20.6 Å². The molecular weight excluding hydrogens is 356 g/mol. The summed E-state index contributed by atoms with van der Waals surface area (Å²) < 4.78 is 10.5. The lowest BCUT2D eigenvalue weighted by Gasteiger charge is -2.22. The fourth-order valence-electron chi connectivity index (χ4n) is 3.41. The van der Waals surface area contributed by atoms with Gasteiger partial charge in [-0.1, -0.05) is 25.3 Å². The number of methoxy groups -OCH3 is 2. The Hall–Kier alpha value is -2.83. The summed E-state index contributed by atoms with van der Waals surface area (Å²) in [6, 6.07) is 6.18. The monoisotopic (exact) mass is 384 g/mol. The van der Waals surface area contributed by atoms with Crippen LogP contribution in [-0.2, 0) is 6.42 Å². The van der Waals surface area contributed by atoms with Gasteiger partial charge in [-0.15, -0.1) is 0 Å². The predicted octanol–water partition coefficient (Wildman–Crippen LogP) is 3.21.